The third-order valence-corrected chi connectivity index (χ3v) is 3.11. The van der Waals surface area contributed by atoms with E-state index in [1.54, 1.807) is 0 Å². The van der Waals surface area contributed by atoms with Gasteiger partial charge >= 0.3 is 0 Å². The predicted molar refractivity (Wildman–Crippen MR) is 68.2 cm³/mol. The van der Waals surface area contributed by atoms with Crippen molar-refractivity contribution in [3.8, 4) is 5.75 Å². The monoisotopic (exact) mass is 235 g/mol. The molecule has 1 aromatic rings. The van der Waals surface area contributed by atoms with Gasteiger partial charge < -0.3 is 15.2 Å². The van der Waals surface area contributed by atoms with Gasteiger partial charge in [0.1, 0.15) is 11.4 Å². The maximum absolute atomic E-state index is 10.7. The number of hydrogen-bond donors (Lipinski definition) is 2. The van der Waals surface area contributed by atoms with Crippen LogP contribution < -0.4 is 10.1 Å². The second-order valence-electron chi connectivity index (χ2n) is 4.97. The van der Waals surface area contributed by atoms with Gasteiger partial charge in [-0.3, -0.25) is 0 Å². The molecule has 1 aliphatic rings. The zero-order valence-electron chi connectivity index (χ0n) is 10.6. The largest absolute Gasteiger partial charge is 0.491 e. The van der Waals surface area contributed by atoms with Crippen LogP contribution in [0, 0.1) is 0 Å². The van der Waals surface area contributed by atoms with E-state index in [0.29, 0.717) is 6.54 Å². The topological polar surface area (TPSA) is 41.5 Å². The van der Waals surface area contributed by atoms with E-state index < -0.39 is 5.60 Å². The summed E-state index contributed by atoms with van der Waals surface area (Å²) in [6.07, 6.45) is 1.90. The molecule has 0 aliphatic carbocycles. The highest BCUT2D eigenvalue weighted by molar-refractivity contribution is 5.38. The van der Waals surface area contributed by atoms with Gasteiger partial charge in [-0.1, -0.05) is 18.2 Å². The molecule has 0 radical (unpaired) electrons. The Morgan fingerprint density at radius 2 is 2.12 bits per heavy atom. The van der Waals surface area contributed by atoms with Crippen molar-refractivity contribution in [3.05, 3.63) is 29.8 Å². The lowest BCUT2D eigenvalue weighted by molar-refractivity contribution is 0.00901. The SMILES string of the molecule is CC(C)Oc1ccccc1C1(O)CCCNC1. The minimum atomic E-state index is -0.788. The van der Waals surface area contributed by atoms with E-state index in [0.717, 1.165) is 30.7 Å². The van der Waals surface area contributed by atoms with Gasteiger partial charge in [0.05, 0.1) is 6.10 Å². The van der Waals surface area contributed by atoms with Crippen LogP contribution in [0.1, 0.15) is 32.3 Å². The second-order valence-corrected chi connectivity index (χ2v) is 4.97. The van der Waals surface area contributed by atoms with Crippen molar-refractivity contribution in [2.24, 2.45) is 0 Å². The van der Waals surface area contributed by atoms with Crippen molar-refractivity contribution < 1.29 is 9.84 Å². The maximum atomic E-state index is 10.7. The van der Waals surface area contributed by atoms with Gasteiger partial charge in [0.2, 0.25) is 0 Å². The quantitative estimate of drug-likeness (QED) is 0.842. The van der Waals surface area contributed by atoms with Gasteiger partial charge in [-0.25, -0.2) is 0 Å². The van der Waals surface area contributed by atoms with Crippen molar-refractivity contribution in [2.45, 2.75) is 38.4 Å². The molecule has 1 heterocycles. The van der Waals surface area contributed by atoms with Crippen LogP contribution >= 0.6 is 0 Å². The molecular formula is C14H21NO2. The average Bonchev–Trinajstić information content (AvgIpc) is 2.30. The standard InChI is InChI=1S/C14H21NO2/c1-11(2)17-13-7-4-3-6-12(13)14(16)8-5-9-15-10-14/h3-4,6-7,11,15-16H,5,8-10H2,1-2H3. The predicted octanol–water partition coefficient (Wildman–Crippen LogP) is 2.04. The van der Waals surface area contributed by atoms with Crippen LogP contribution in [0.25, 0.3) is 0 Å². The molecular weight excluding hydrogens is 214 g/mol. The van der Waals surface area contributed by atoms with E-state index in [4.69, 9.17) is 4.74 Å². The fourth-order valence-electron chi connectivity index (χ4n) is 2.33. The minimum Gasteiger partial charge on any atom is -0.491 e. The van der Waals surface area contributed by atoms with E-state index in [9.17, 15) is 5.11 Å². The number of β-amino-alcohol motifs (C(OH)–C–C–N with tert-alkyl or cyclic N) is 1. The first-order chi connectivity index (χ1) is 8.12. The molecule has 0 aromatic heterocycles. The summed E-state index contributed by atoms with van der Waals surface area (Å²) in [5.41, 5.74) is 0.116. The van der Waals surface area contributed by atoms with Crippen LogP contribution in [0.4, 0.5) is 0 Å². The van der Waals surface area contributed by atoms with E-state index in [2.05, 4.69) is 5.32 Å². The zero-order valence-corrected chi connectivity index (χ0v) is 10.6. The number of aliphatic hydroxyl groups is 1. The molecule has 2 N–H and O–H groups in total. The first-order valence-electron chi connectivity index (χ1n) is 6.31. The summed E-state index contributed by atoms with van der Waals surface area (Å²) in [4.78, 5) is 0. The molecule has 94 valence electrons. The Hall–Kier alpha value is -1.06. The van der Waals surface area contributed by atoms with E-state index in [1.807, 2.05) is 38.1 Å². The Balaban J connectivity index is 2.29. The molecule has 2 rings (SSSR count). The van der Waals surface area contributed by atoms with E-state index in [-0.39, 0.29) is 6.10 Å². The number of nitrogens with one attached hydrogen (secondary N) is 1. The summed E-state index contributed by atoms with van der Waals surface area (Å²) in [7, 11) is 0. The van der Waals surface area contributed by atoms with Gasteiger partial charge in [-0.15, -0.1) is 0 Å². The molecule has 1 fully saturated rings. The van der Waals surface area contributed by atoms with E-state index in [1.165, 1.54) is 0 Å². The summed E-state index contributed by atoms with van der Waals surface area (Å²) in [5.74, 6) is 0.800. The Morgan fingerprint density at radius 1 is 1.35 bits per heavy atom. The highest BCUT2D eigenvalue weighted by Crippen LogP contribution is 2.35. The number of benzene rings is 1. The molecule has 0 spiro atoms. The van der Waals surface area contributed by atoms with Gasteiger partial charge in [0.25, 0.3) is 0 Å². The molecule has 0 saturated carbocycles. The van der Waals surface area contributed by atoms with Gasteiger partial charge in [-0.05, 0) is 39.3 Å². The van der Waals surface area contributed by atoms with Crippen LogP contribution in [0.15, 0.2) is 24.3 Å². The fraction of sp³-hybridized carbons (Fsp3) is 0.571. The Kier molecular flexibility index (Phi) is 3.69. The molecule has 1 unspecified atom stereocenters. The van der Waals surface area contributed by atoms with Crippen LogP contribution in [-0.2, 0) is 5.60 Å². The molecule has 17 heavy (non-hydrogen) atoms. The van der Waals surface area contributed by atoms with Crippen LogP contribution in [-0.4, -0.2) is 24.3 Å². The van der Waals surface area contributed by atoms with Gasteiger partial charge in [-0.2, -0.15) is 0 Å². The summed E-state index contributed by atoms with van der Waals surface area (Å²) in [5, 5.41) is 13.9. The number of hydrogen-bond acceptors (Lipinski definition) is 3. The van der Waals surface area contributed by atoms with Gasteiger partial charge in [0.15, 0.2) is 0 Å². The van der Waals surface area contributed by atoms with Crippen LogP contribution in [0.3, 0.4) is 0 Å². The molecule has 3 heteroatoms. The van der Waals surface area contributed by atoms with Crippen LogP contribution in [0.5, 0.6) is 5.75 Å². The van der Waals surface area contributed by atoms with Gasteiger partial charge in [0, 0.05) is 12.1 Å². The fourth-order valence-corrected chi connectivity index (χ4v) is 2.33. The first kappa shape index (κ1) is 12.4. The number of rotatable bonds is 3. The molecule has 0 bridgehead atoms. The number of para-hydroxylation sites is 1. The molecule has 3 nitrogen and oxygen atoms in total. The Bertz CT molecular complexity index is 370. The zero-order chi connectivity index (χ0) is 12.3. The molecule has 1 atom stereocenters. The maximum Gasteiger partial charge on any atom is 0.125 e. The normalized spacial score (nSPS) is 24.9. The first-order valence-corrected chi connectivity index (χ1v) is 6.31. The van der Waals surface area contributed by atoms with Crippen molar-refractivity contribution in [3.63, 3.8) is 0 Å². The van der Waals surface area contributed by atoms with E-state index >= 15 is 0 Å². The second kappa shape index (κ2) is 5.07. The summed E-state index contributed by atoms with van der Waals surface area (Å²) < 4.78 is 5.78. The lowest BCUT2D eigenvalue weighted by Gasteiger charge is -2.34. The smallest absolute Gasteiger partial charge is 0.125 e. The molecule has 0 amide bonds. The Morgan fingerprint density at radius 3 is 2.76 bits per heavy atom. The average molecular weight is 235 g/mol. The summed E-state index contributed by atoms with van der Waals surface area (Å²) in [6, 6.07) is 7.79. The van der Waals surface area contributed by atoms with Crippen molar-refractivity contribution in [1.29, 1.82) is 0 Å². The molecule has 1 aliphatic heterocycles. The Labute approximate surface area is 103 Å². The van der Waals surface area contributed by atoms with Crippen molar-refractivity contribution >= 4 is 0 Å². The third-order valence-electron chi connectivity index (χ3n) is 3.11. The summed E-state index contributed by atoms with van der Waals surface area (Å²) >= 11 is 0. The highest BCUT2D eigenvalue weighted by Gasteiger charge is 2.33. The van der Waals surface area contributed by atoms with Crippen LogP contribution in [0.2, 0.25) is 0 Å². The van der Waals surface area contributed by atoms with Crippen molar-refractivity contribution in [1.82, 2.24) is 5.32 Å². The third kappa shape index (κ3) is 2.79. The minimum absolute atomic E-state index is 0.122. The summed E-state index contributed by atoms with van der Waals surface area (Å²) in [6.45, 7) is 5.58. The molecule has 1 saturated heterocycles. The lowest BCUT2D eigenvalue weighted by atomic mass is 9.86. The van der Waals surface area contributed by atoms with Crippen molar-refractivity contribution in [2.75, 3.05) is 13.1 Å². The lowest BCUT2D eigenvalue weighted by Crippen LogP contribution is -2.43. The highest BCUT2D eigenvalue weighted by atomic mass is 16.5. The number of ether oxygens (including phenoxy) is 1. The number of piperidine rings is 1. The molecule has 1 aromatic carbocycles.